The van der Waals surface area contributed by atoms with E-state index in [9.17, 15) is 9.90 Å². The fourth-order valence-corrected chi connectivity index (χ4v) is 3.14. The molecule has 1 heterocycles. The Kier molecular flexibility index (Phi) is 6.30. The number of urea groups is 1. The smallest absolute Gasteiger partial charge is 0.319 e. The van der Waals surface area contributed by atoms with Crippen LogP contribution in [0.25, 0.3) is 0 Å². The molecular formula is C19H22ClN3O3. The summed E-state index contributed by atoms with van der Waals surface area (Å²) in [6, 6.07) is 10.5. The van der Waals surface area contributed by atoms with Gasteiger partial charge in [0.2, 0.25) is 0 Å². The van der Waals surface area contributed by atoms with Crippen LogP contribution in [0.5, 0.6) is 5.75 Å². The fourth-order valence-electron chi connectivity index (χ4n) is 2.90. The zero-order valence-corrected chi connectivity index (χ0v) is 15.1. The molecule has 1 aromatic carbocycles. The molecule has 26 heavy (non-hydrogen) atoms. The number of aliphatic hydroxyl groups is 1. The van der Waals surface area contributed by atoms with Crippen LogP contribution in [-0.4, -0.2) is 28.3 Å². The minimum Gasteiger partial charge on any atom is -0.486 e. The van der Waals surface area contributed by atoms with Gasteiger partial charge in [0.25, 0.3) is 0 Å². The third-order valence-corrected chi connectivity index (χ3v) is 4.62. The number of nitrogens with zero attached hydrogens (tertiary/aromatic N) is 1. The first-order valence-corrected chi connectivity index (χ1v) is 9.06. The number of aromatic nitrogens is 1. The molecule has 1 fully saturated rings. The molecule has 0 saturated heterocycles. The molecule has 0 radical (unpaired) electrons. The summed E-state index contributed by atoms with van der Waals surface area (Å²) in [7, 11) is 0. The Morgan fingerprint density at radius 1 is 1.23 bits per heavy atom. The van der Waals surface area contributed by atoms with Gasteiger partial charge in [-0.1, -0.05) is 17.7 Å². The molecule has 3 rings (SSSR count). The van der Waals surface area contributed by atoms with Crippen LogP contribution < -0.4 is 15.4 Å². The second kappa shape index (κ2) is 8.87. The van der Waals surface area contributed by atoms with E-state index in [0.29, 0.717) is 23.1 Å². The molecule has 1 aliphatic carbocycles. The molecule has 7 heteroatoms. The van der Waals surface area contributed by atoms with Crippen molar-refractivity contribution in [2.24, 2.45) is 0 Å². The largest absolute Gasteiger partial charge is 0.486 e. The number of amides is 2. The van der Waals surface area contributed by atoms with Crippen molar-refractivity contribution in [2.75, 3.05) is 5.32 Å². The molecule has 1 saturated carbocycles. The summed E-state index contributed by atoms with van der Waals surface area (Å²) in [5.74, 6) is 0.532. The molecule has 2 aromatic rings. The number of pyridine rings is 1. The molecule has 0 spiro atoms. The molecule has 1 aliphatic rings. The lowest BCUT2D eigenvalue weighted by atomic mass is 9.93. The van der Waals surface area contributed by atoms with Gasteiger partial charge in [0.05, 0.1) is 16.8 Å². The molecule has 2 amide bonds. The third-order valence-electron chi connectivity index (χ3n) is 4.32. The van der Waals surface area contributed by atoms with E-state index in [1.54, 1.807) is 24.4 Å². The van der Waals surface area contributed by atoms with Crippen molar-refractivity contribution in [1.82, 2.24) is 10.3 Å². The van der Waals surface area contributed by atoms with Crippen LogP contribution in [-0.2, 0) is 6.61 Å². The van der Waals surface area contributed by atoms with E-state index in [0.717, 1.165) is 31.4 Å². The number of halogens is 1. The number of aliphatic hydroxyl groups excluding tert-OH is 1. The predicted molar refractivity (Wildman–Crippen MR) is 100 cm³/mol. The van der Waals surface area contributed by atoms with Gasteiger partial charge in [0, 0.05) is 17.9 Å². The van der Waals surface area contributed by atoms with Crippen LogP contribution in [0.3, 0.4) is 0 Å². The predicted octanol–water partition coefficient (Wildman–Crippen LogP) is 3.74. The lowest BCUT2D eigenvalue weighted by Crippen LogP contribution is -2.40. The SMILES string of the molecule is O=C(Nc1ccc(OCc2ccccn2)c(Cl)c1)NC1CCC(O)CC1. The number of anilines is 1. The van der Waals surface area contributed by atoms with Crippen LogP contribution >= 0.6 is 11.6 Å². The van der Waals surface area contributed by atoms with E-state index in [4.69, 9.17) is 16.3 Å². The number of benzene rings is 1. The van der Waals surface area contributed by atoms with Gasteiger partial charge in [-0.3, -0.25) is 4.98 Å². The zero-order valence-electron chi connectivity index (χ0n) is 14.3. The number of carbonyl (C=O) groups excluding carboxylic acids is 1. The van der Waals surface area contributed by atoms with Gasteiger partial charge in [-0.15, -0.1) is 0 Å². The van der Waals surface area contributed by atoms with Crippen molar-refractivity contribution < 1.29 is 14.6 Å². The summed E-state index contributed by atoms with van der Waals surface area (Å²) in [5.41, 5.74) is 1.40. The maximum atomic E-state index is 12.1. The van der Waals surface area contributed by atoms with Crippen molar-refractivity contribution in [2.45, 2.75) is 44.4 Å². The van der Waals surface area contributed by atoms with E-state index >= 15 is 0 Å². The minimum atomic E-state index is -0.274. The topological polar surface area (TPSA) is 83.5 Å². The highest BCUT2D eigenvalue weighted by atomic mass is 35.5. The normalized spacial score (nSPS) is 19.6. The second-order valence-corrected chi connectivity index (χ2v) is 6.77. The highest BCUT2D eigenvalue weighted by Gasteiger charge is 2.20. The Labute approximate surface area is 157 Å². The summed E-state index contributed by atoms with van der Waals surface area (Å²) < 4.78 is 5.67. The van der Waals surface area contributed by atoms with Gasteiger partial charge in [-0.25, -0.2) is 4.79 Å². The number of ether oxygens (including phenoxy) is 1. The average molecular weight is 376 g/mol. The second-order valence-electron chi connectivity index (χ2n) is 6.36. The van der Waals surface area contributed by atoms with Crippen molar-refractivity contribution in [3.63, 3.8) is 0 Å². The zero-order chi connectivity index (χ0) is 18.4. The van der Waals surface area contributed by atoms with Crippen LogP contribution in [0, 0.1) is 0 Å². The van der Waals surface area contributed by atoms with Crippen LogP contribution in [0.2, 0.25) is 5.02 Å². The Morgan fingerprint density at radius 2 is 2.04 bits per heavy atom. The summed E-state index contributed by atoms with van der Waals surface area (Å²) in [6.45, 7) is 0.321. The summed E-state index contributed by atoms with van der Waals surface area (Å²) in [4.78, 5) is 16.3. The van der Waals surface area contributed by atoms with Crippen molar-refractivity contribution in [3.05, 3.63) is 53.3 Å². The van der Waals surface area contributed by atoms with Gasteiger partial charge in [0.15, 0.2) is 0 Å². The van der Waals surface area contributed by atoms with Gasteiger partial charge < -0.3 is 20.5 Å². The quantitative estimate of drug-likeness (QED) is 0.743. The monoisotopic (exact) mass is 375 g/mol. The molecule has 3 N–H and O–H groups in total. The lowest BCUT2D eigenvalue weighted by Gasteiger charge is -2.26. The number of hydrogen-bond acceptors (Lipinski definition) is 4. The van der Waals surface area contributed by atoms with Crippen molar-refractivity contribution in [1.29, 1.82) is 0 Å². The maximum Gasteiger partial charge on any atom is 0.319 e. The molecule has 0 aliphatic heterocycles. The molecule has 0 atom stereocenters. The van der Waals surface area contributed by atoms with E-state index in [2.05, 4.69) is 15.6 Å². The molecule has 0 bridgehead atoms. The lowest BCUT2D eigenvalue weighted by molar-refractivity contribution is 0.118. The number of hydrogen-bond donors (Lipinski definition) is 3. The van der Waals surface area contributed by atoms with Gasteiger partial charge in [-0.05, 0) is 56.0 Å². The van der Waals surface area contributed by atoms with Crippen LogP contribution in [0.4, 0.5) is 10.5 Å². The van der Waals surface area contributed by atoms with E-state index in [1.165, 1.54) is 0 Å². The Hall–Kier alpha value is -2.31. The molecule has 1 aromatic heterocycles. The van der Waals surface area contributed by atoms with E-state index < -0.39 is 0 Å². The first-order valence-electron chi connectivity index (χ1n) is 8.68. The fraction of sp³-hybridized carbons (Fsp3) is 0.368. The first kappa shape index (κ1) is 18.5. The Balaban J connectivity index is 1.51. The maximum absolute atomic E-state index is 12.1. The minimum absolute atomic E-state index is 0.0925. The molecular weight excluding hydrogens is 354 g/mol. The van der Waals surface area contributed by atoms with Gasteiger partial charge in [0.1, 0.15) is 12.4 Å². The van der Waals surface area contributed by atoms with E-state index in [1.807, 2.05) is 18.2 Å². The van der Waals surface area contributed by atoms with Crippen LogP contribution in [0.15, 0.2) is 42.6 Å². The van der Waals surface area contributed by atoms with Gasteiger partial charge in [-0.2, -0.15) is 0 Å². The Morgan fingerprint density at radius 3 is 2.73 bits per heavy atom. The third kappa shape index (κ3) is 5.34. The van der Waals surface area contributed by atoms with Gasteiger partial charge >= 0.3 is 6.03 Å². The average Bonchev–Trinajstić information content (AvgIpc) is 2.64. The van der Waals surface area contributed by atoms with Crippen molar-refractivity contribution in [3.8, 4) is 5.75 Å². The summed E-state index contributed by atoms with van der Waals surface area (Å²) in [5, 5.41) is 15.6. The molecule has 0 unspecified atom stereocenters. The highest BCUT2D eigenvalue weighted by Crippen LogP contribution is 2.28. The summed E-state index contributed by atoms with van der Waals surface area (Å²) >= 11 is 6.24. The van der Waals surface area contributed by atoms with Crippen molar-refractivity contribution >= 4 is 23.3 Å². The first-order chi connectivity index (χ1) is 12.6. The summed E-state index contributed by atoms with van der Waals surface area (Å²) in [6.07, 6.45) is 4.48. The number of rotatable bonds is 5. The number of carbonyl (C=O) groups is 1. The standard InChI is InChI=1S/C19H22ClN3O3/c20-17-11-14(23-19(25)22-13-4-7-16(24)8-5-13)6-9-18(17)26-12-15-3-1-2-10-21-15/h1-3,6,9-11,13,16,24H,4-5,7-8,12H2,(H2,22,23,25). The van der Waals surface area contributed by atoms with E-state index in [-0.39, 0.29) is 18.2 Å². The van der Waals surface area contributed by atoms with Crippen LogP contribution in [0.1, 0.15) is 31.4 Å². The Bertz CT molecular complexity index is 734. The molecule has 138 valence electrons. The number of nitrogens with one attached hydrogen (secondary N) is 2. The molecule has 6 nitrogen and oxygen atoms in total. The highest BCUT2D eigenvalue weighted by molar-refractivity contribution is 6.32.